The molecule has 1 saturated heterocycles. The summed E-state index contributed by atoms with van der Waals surface area (Å²) < 4.78 is 0. The van der Waals surface area contributed by atoms with E-state index in [2.05, 4.69) is 47.7 Å². The molecule has 0 bridgehead atoms. The Labute approximate surface area is 153 Å². The molecule has 0 amide bonds. The van der Waals surface area contributed by atoms with Crippen molar-refractivity contribution in [3.8, 4) is 12.1 Å². The van der Waals surface area contributed by atoms with Crippen LogP contribution in [0.4, 0.5) is 17.1 Å². The molecule has 1 fully saturated rings. The average Bonchev–Trinajstić information content (AvgIpc) is 2.89. The SMILES string of the molecule is CN1c2c(C#N)cc(Nc3ccccc3C#N)cc2C2CNCC[C@@]21C. The van der Waals surface area contributed by atoms with Gasteiger partial charge in [0.2, 0.25) is 0 Å². The van der Waals surface area contributed by atoms with E-state index < -0.39 is 0 Å². The summed E-state index contributed by atoms with van der Waals surface area (Å²) in [5, 5.41) is 25.9. The topological polar surface area (TPSA) is 74.9 Å². The molecule has 2 aliphatic rings. The van der Waals surface area contributed by atoms with Gasteiger partial charge in [-0.3, -0.25) is 0 Å². The van der Waals surface area contributed by atoms with Crippen molar-refractivity contribution in [1.82, 2.24) is 5.32 Å². The van der Waals surface area contributed by atoms with Crippen LogP contribution in [0.25, 0.3) is 0 Å². The second-order valence-electron chi connectivity index (χ2n) is 7.28. The fourth-order valence-corrected chi connectivity index (χ4v) is 4.38. The number of likely N-dealkylation sites (N-methyl/N-ethyl adjacent to an activating group) is 1. The maximum absolute atomic E-state index is 9.76. The molecule has 2 aliphatic heterocycles. The van der Waals surface area contributed by atoms with Gasteiger partial charge in [0.05, 0.1) is 22.5 Å². The number of hydrogen-bond donors (Lipinski definition) is 2. The second kappa shape index (κ2) is 6.05. The Morgan fingerprint density at radius 1 is 1.19 bits per heavy atom. The van der Waals surface area contributed by atoms with Gasteiger partial charge in [-0.25, -0.2) is 0 Å². The van der Waals surface area contributed by atoms with Crippen LogP contribution in [-0.2, 0) is 0 Å². The van der Waals surface area contributed by atoms with Crippen molar-refractivity contribution in [3.05, 3.63) is 53.1 Å². The smallest absolute Gasteiger partial charge is 0.101 e. The Bertz CT molecular complexity index is 952. The normalized spacial score (nSPS) is 23.5. The van der Waals surface area contributed by atoms with Gasteiger partial charge < -0.3 is 15.5 Å². The molecule has 0 spiro atoms. The molecule has 0 saturated carbocycles. The number of piperidine rings is 1. The predicted octanol–water partition coefficient (Wildman–Crippen LogP) is 3.46. The number of nitrogens with zero attached hydrogens (tertiary/aromatic N) is 3. The summed E-state index contributed by atoms with van der Waals surface area (Å²) in [6.45, 7) is 4.20. The third-order valence-corrected chi connectivity index (χ3v) is 5.97. The molecule has 26 heavy (non-hydrogen) atoms. The van der Waals surface area contributed by atoms with Crippen molar-refractivity contribution < 1.29 is 0 Å². The van der Waals surface area contributed by atoms with E-state index in [1.807, 2.05) is 24.3 Å². The highest BCUT2D eigenvalue weighted by Crippen LogP contribution is 2.51. The Balaban J connectivity index is 1.81. The Morgan fingerprint density at radius 2 is 1.96 bits per heavy atom. The molecule has 2 aromatic carbocycles. The minimum Gasteiger partial charge on any atom is -0.367 e. The zero-order chi connectivity index (χ0) is 18.3. The fourth-order valence-electron chi connectivity index (χ4n) is 4.38. The molecule has 130 valence electrons. The first-order valence-corrected chi connectivity index (χ1v) is 8.87. The van der Waals surface area contributed by atoms with Gasteiger partial charge in [-0.15, -0.1) is 0 Å². The molecule has 2 heterocycles. The molecular weight excluding hydrogens is 322 g/mol. The van der Waals surface area contributed by atoms with Gasteiger partial charge in [-0.2, -0.15) is 10.5 Å². The van der Waals surface area contributed by atoms with E-state index in [0.717, 1.165) is 36.6 Å². The van der Waals surface area contributed by atoms with Crippen molar-refractivity contribution in [2.24, 2.45) is 0 Å². The maximum atomic E-state index is 9.76. The van der Waals surface area contributed by atoms with Gasteiger partial charge in [0.25, 0.3) is 0 Å². The number of nitriles is 2. The molecule has 0 radical (unpaired) electrons. The van der Waals surface area contributed by atoms with Crippen molar-refractivity contribution >= 4 is 17.1 Å². The molecule has 1 unspecified atom stereocenters. The molecule has 4 rings (SSSR count). The quantitative estimate of drug-likeness (QED) is 0.873. The van der Waals surface area contributed by atoms with Crippen molar-refractivity contribution in [2.45, 2.75) is 24.8 Å². The number of rotatable bonds is 2. The monoisotopic (exact) mass is 343 g/mol. The standard InChI is InChI=1S/C21H21N5/c1-21-7-8-24-13-18(21)17-10-16(9-15(12-23)20(17)26(21)2)25-19-6-4-3-5-14(19)11-22/h3-6,9-10,18,24-25H,7-8,13H2,1-2H3/t18?,21-/m0/s1. The largest absolute Gasteiger partial charge is 0.367 e. The van der Waals surface area contributed by atoms with Crippen molar-refractivity contribution in [3.63, 3.8) is 0 Å². The lowest BCUT2D eigenvalue weighted by atomic mass is 9.78. The highest BCUT2D eigenvalue weighted by molar-refractivity contribution is 5.78. The number of benzene rings is 2. The Kier molecular flexibility index (Phi) is 3.83. The van der Waals surface area contributed by atoms with Crippen LogP contribution in [-0.4, -0.2) is 25.7 Å². The van der Waals surface area contributed by atoms with E-state index >= 15 is 0 Å². The van der Waals surface area contributed by atoms with Crippen molar-refractivity contribution in [1.29, 1.82) is 10.5 Å². The summed E-state index contributed by atoms with van der Waals surface area (Å²) in [6, 6.07) is 16.0. The van der Waals surface area contributed by atoms with Crippen LogP contribution < -0.4 is 15.5 Å². The third kappa shape index (κ3) is 2.33. The first kappa shape index (κ1) is 16.4. The molecule has 0 aliphatic carbocycles. The number of hydrogen-bond acceptors (Lipinski definition) is 5. The van der Waals surface area contributed by atoms with Gasteiger partial charge in [-0.1, -0.05) is 12.1 Å². The van der Waals surface area contributed by atoms with Gasteiger partial charge in [0, 0.05) is 30.7 Å². The number of para-hydroxylation sites is 1. The summed E-state index contributed by atoms with van der Waals surface area (Å²) in [7, 11) is 2.10. The van der Waals surface area contributed by atoms with E-state index in [4.69, 9.17) is 0 Å². The molecular formula is C21H21N5. The lowest BCUT2D eigenvalue weighted by Crippen LogP contribution is -2.52. The van der Waals surface area contributed by atoms with Crippen LogP contribution in [0.5, 0.6) is 0 Å². The first-order chi connectivity index (χ1) is 12.6. The zero-order valence-electron chi connectivity index (χ0n) is 15.0. The van der Waals surface area contributed by atoms with Gasteiger partial charge in [0.15, 0.2) is 0 Å². The van der Waals surface area contributed by atoms with E-state index in [1.165, 1.54) is 5.56 Å². The van der Waals surface area contributed by atoms with E-state index in [-0.39, 0.29) is 5.54 Å². The molecule has 0 aromatic heterocycles. The fraction of sp³-hybridized carbons (Fsp3) is 0.333. The molecule has 2 aromatic rings. The number of nitrogens with one attached hydrogen (secondary N) is 2. The summed E-state index contributed by atoms with van der Waals surface area (Å²) in [5.41, 5.74) is 5.16. The van der Waals surface area contributed by atoms with Crippen LogP contribution in [0.1, 0.15) is 36.0 Å². The average molecular weight is 343 g/mol. The highest BCUT2D eigenvalue weighted by atomic mass is 15.2. The molecule has 5 heteroatoms. The summed E-state index contributed by atoms with van der Waals surface area (Å²) in [4.78, 5) is 2.29. The van der Waals surface area contributed by atoms with E-state index in [9.17, 15) is 10.5 Å². The maximum Gasteiger partial charge on any atom is 0.101 e. The molecule has 2 N–H and O–H groups in total. The number of fused-ring (bicyclic) bond motifs is 3. The zero-order valence-corrected chi connectivity index (χ0v) is 15.0. The van der Waals surface area contributed by atoms with Crippen LogP contribution in [0.2, 0.25) is 0 Å². The van der Waals surface area contributed by atoms with Crippen LogP contribution in [0.15, 0.2) is 36.4 Å². The van der Waals surface area contributed by atoms with E-state index in [0.29, 0.717) is 17.0 Å². The van der Waals surface area contributed by atoms with Crippen LogP contribution in [0, 0.1) is 22.7 Å². The molecule has 2 atom stereocenters. The first-order valence-electron chi connectivity index (χ1n) is 8.87. The Morgan fingerprint density at radius 3 is 2.73 bits per heavy atom. The van der Waals surface area contributed by atoms with Crippen LogP contribution in [0.3, 0.4) is 0 Å². The third-order valence-electron chi connectivity index (χ3n) is 5.97. The summed E-state index contributed by atoms with van der Waals surface area (Å²) in [5.74, 6) is 0.344. The summed E-state index contributed by atoms with van der Waals surface area (Å²) >= 11 is 0. The van der Waals surface area contributed by atoms with E-state index in [1.54, 1.807) is 6.07 Å². The van der Waals surface area contributed by atoms with Crippen LogP contribution >= 0.6 is 0 Å². The van der Waals surface area contributed by atoms with Gasteiger partial charge in [-0.05, 0) is 49.7 Å². The molecule has 5 nitrogen and oxygen atoms in total. The van der Waals surface area contributed by atoms with Gasteiger partial charge >= 0.3 is 0 Å². The highest BCUT2D eigenvalue weighted by Gasteiger charge is 2.48. The lowest BCUT2D eigenvalue weighted by molar-refractivity contribution is 0.299. The summed E-state index contributed by atoms with van der Waals surface area (Å²) in [6.07, 6.45) is 1.05. The minimum absolute atomic E-state index is 0.0301. The van der Waals surface area contributed by atoms with Crippen molar-refractivity contribution in [2.75, 3.05) is 30.4 Å². The second-order valence-corrected chi connectivity index (χ2v) is 7.28. The minimum atomic E-state index is 0.0301. The Hall–Kier alpha value is -3.02. The predicted molar refractivity (Wildman–Crippen MR) is 103 cm³/mol. The lowest BCUT2D eigenvalue weighted by Gasteiger charge is -2.42. The van der Waals surface area contributed by atoms with Gasteiger partial charge in [0.1, 0.15) is 12.1 Å². The number of anilines is 3.